The lowest BCUT2D eigenvalue weighted by atomic mass is 9.98. The van der Waals surface area contributed by atoms with Crippen LogP contribution in [0.2, 0.25) is 0 Å². The SMILES string of the molecule is C#CCCCOC(=O)c1ccc(-c2nn[nH]n2)cc1.CCC#CCOC(=O)c1ccc(-c2nn[nH]n2)cc1.C[n+]1ccc(OC(=O)c2ccc(-c3nn[nH]n3)cc2)cc1.O=C(OC1CCCCC1)c1ccc(-c2nn[nH]n2)cc1.O=C(OC1CCCCC1)c1ccc(-c2nn[nH]n2)cc1.O=C(OCCN1CCCCC1)c1ccc(-c2nn[nH]n2)cc1. The van der Waals surface area contributed by atoms with Gasteiger partial charge >= 0.3 is 35.8 Å². The number of hydrogen-bond acceptors (Lipinski definition) is 31. The number of nitrogens with one attached hydrogen (secondary N) is 6. The lowest BCUT2D eigenvalue weighted by Crippen LogP contribution is -2.33. The molecule has 3 aliphatic rings. The van der Waals surface area contributed by atoms with E-state index in [0.717, 1.165) is 111 Å². The molecule has 0 bridgehead atoms. The third kappa shape index (κ3) is 28.0. The van der Waals surface area contributed by atoms with Crippen LogP contribution in [0.1, 0.15) is 172 Å². The molecule has 38 nitrogen and oxygen atoms in total. The Hall–Kier alpha value is -15.2. The monoisotopic (exact) mass is 1640 g/mol. The molecule has 38 heteroatoms. The zero-order valence-corrected chi connectivity index (χ0v) is 66.3. The molecule has 7 aromatic heterocycles. The van der Waals surface area contributed by atoms with Gasteiger partial charge in [-0.3, -0.25) is 4.90 Å². The topological polar surface area (TPSA) is 492 Å². The zero-order chi connectivity index (χ0) is 84.4. The van der Waals surface area contributed by atoms with Crippen LogP contribution in [0.15, 0.2) is 170 Å². The summed E-state index contributed by atoms with van der Waals surface area (Å²) >= 11 is 0. The number of carbonyl (C=O) groups is 6. The van der Waals surface area contributed by atoms with Crippen molar-refractivity contribution in [3.8, 4) is 98.3 Å². The second-order valence-corrected chi connectivity index (χ2v) is 27.1. The van der Waals surface area contributed by atoms with Crippen LogP contribution in [0.5, 0.6) is 5.75 Å². The molecule has 8 heterocycles. The summed E-state index contributed by atoms with van der Waals surface area (Å²) in [4.78, 5) is 73.8. The molecule has 6 aromatic carbocycles. The number of aryl methyl sites for hydroxylation is 1. The number of tetrazole rings is 6. The average molecular weight is 1640 g/mol. The molecule has 1 aliphatic heterocycles. The molecule has 13 aromatic rings. The highest BCUT2D eigenvalue weighted by Crippen LogP contribution is 2.26. The minimum atomic E-state index is -0.413. The summed E-state index contributed by atoms with van der Waals surface area (Å²) in [5.74, 6) is 9.55. The minimum Gasteiger partial charge on any atom is -0.462 e. The van der Waals surface area contributed by atoms with E-state index < -0.39 is 11.9 Å². The van der Waals surface area contributed by atoms with Gasteiger partial charge in [0, 0.05) is 64.9 Å². The van der Waals surface area contributed by atoms with E-state index in [-0.39, 0.29) is 42.7 Å². The molecule has 121 heavy (non-hydrogen) atoms. The van der Waals surface area contributed by atoms with Gasteiger partial charge in [-0.15, -0.1) is 79.4 Å². The maximum absolute atomic E-state index is 12.0. The third-order valence-electron chi connectivity index (χ3n) is 18.5. The van der Waals surface area contributed by atoms with Crippen LogP contribution in [0.4, 0.5) is 0 Å². The van der Waals surface area contributed by atoms with Gasteiger partial charge in [0.15, 0.2) is 19.0 Å². The first-order valence-corrected chi connectivity index (χ1v) is 39.1. The summed E-state index contributed by atoms with van der Waals surface area (Å²) in [5, 5.41) is 81.7. The number of piperidine rings is 1. The maximum atomic E-state index is 12.0. The Balaban J connectivity index is 0.000000142. The Morgan fingerprint density at radius 2 is 0.694 bits per heavy atom. The normalized spacial score (nSPS) is 13.0. The van der Waals surface area contributed by atoms with Crippen LogP contribution in [0.25, 0.3) is 68.3 Å². The zero-order valence-electron chi connectivity index (χ0n) is 66.3. The molecule has 620 valence electrons. The van der Waals surface area contributed by atoms with E-state index in [1.165, 1.54) is 32.1 Å². The first-order chi connectivity index (χ1) is 59.3. The highest BCUT2D eigenvalue weighted by Gasteiger charge is 2.22. The summed E-state index contributed by atoms with van der Waals surface area (Å²) in [5.41, 5.74) is 7.80. The Bertz CT molecular complexity index is 5240. The summed E-state index contributed by atoms with van der Waals surface area (Å²) < 4.78 is 33.6. The van der Waals surface area contributed by atoms with Crippen molar-refractivity contribution >= 4 is 35.8 Å². The van der Waals surface area contributed by atoms with Gasteiger partial charge < -0.3 is 28.4 Å². The summed E-state index contributed by atoms with van der Waals surface area (Å²) in [6.07, 6.45) is 25.7. The van der Waals surface area contributed by atoms with Gasteiger partial charge in [-0.2, -0.15) is 31.3 Å². The highest BCUT2D eigenvalue weighted by molar-refractivity contribution is 5.93. The number of pyridine rings is 1. The van der Waals surface area contributed by atoms with E-state index in [2.05, 4.69) is 146 Å². The van der Waals surface area contributed by atoms with Gasteiger partial charge in [0.1, 0.15) is 31.6 Å². The number of benzene rings is 6. The summed E-state index contributed by atoms with van der Waals surface area (Å²) in [7, 11) is 1.89. The van der Waals surface area contributed by atoms with Gasteiger partial charge in [0.05, 0.1) is 40.0 Å². The molecule has 0 amide bonds. The van der Waals surface area contributed by atoms with E-state index in [4.69, 9.17) is 34.8 Å². The first-order valence-electron chi connectivity index (χ1n) is 39.1. The lowest BCUT2D eigenvalue weighted by Gasteiger charge is -2.25. The quantitative estimate of drug-likeness (QED) is 0.0121. The van der Waals surface area contributed by atoms with Gasteiger partial charge in [0.25, 0.3) is 0 Å². The van der Waals surface area contributed by atoms with E-state index in [9.17, 15) is 28.8 Å². The van der Waals surface area contributed by atoms with Crippen molar-refractivity contribution < 1.29 is 61.8 Å². The number of unbranched alkanes of at least 4 members (excludes halogenated alkanes) is 1. The number of terminal acetylenes is 1. The van der Waals surface area contributed by atoms with E-state index >= 15 is 0 Å². The number of aromatic nitrogens is 25. The van der Waals surface area contributed by atoms with Gasteiger partial charge in [-0.25, -0.2) is 33.3 Å². The van der Waals surface area contributed by atoms with Gasteiger partial charge in [-0.1, -0.05) is 105 Å². The Kier molecular flexibility index (Phi) is 33.7. The molecule has 1 saturated heterocycles. The molecule has 0 unspecified atom stereocenters. The van der Waals surface area contributed by atoms with Crippen LogP contribution in [0.3, 0.4) is 0 Å². The maximum Gasteiger partial charge on any atom is 0.343 e. The predicted molar refractivity (Wildman–Crippen MR) is 432 cm³/mol. The molecule has 0 radical (unpaired) electrons. The number of H-pyrrole nitrogens is 6. The van der Waals surface area contributed by atoms with E-state index in [1.54, 1.807) is 158 Å². The second kappa shape index (κ2) is 47.1. The van der Waals surface area contributed by atoms with Crippen molar-refractivity contribution in [1.29, 1.82) is 0 Å². The molecule has 3 fully saturated rings. The van der Waals surface area contributed by atoms with E-state index in [0.29, 0.717) is 100 Å². The fraction of sp³-hybridized carbons (Fsp3) is 0.313. The second-order valence-electron chi connectivity index (χ2n) is 27.1. The van der Waals surface area contributed by atoms with Crippen molar-refractivity contribution in [2.75, 3.05) is 39.5 Å². The van der Waals surface area contributed by atoms with Crippen LogP contribution in [0, 0.1) is 24.2 Å². The van der Waals surface area contributed by atoms with E-state index in [1.807, 2.05) is 30.9 Å². The van der Waals surface area contributed by atoms with Crippen LogP contribution in [-0.4, -0.2) is 216 Å². The fourth-order valence-corrected chi connectivity index (χ4v) is 12.1. The largest absolute Gasteiger partial charge is 0.462 e. The minimum absolute atomic E-state index is 0.0770. The standard InChI is InChI=1S/C15H19N5O2.C14H11N5O2.2C14H16N4O2.2C13H12N4O2/c21-15(22-11-10-20-8-2-1-3-9-20)13-6-4-12(5-7-13)14-16-18-19-17-14;1-19-8-6-12(7-9-19)21-14(20)11-4-2-10(3-5-11)13-15-17-18-16-13;2*19-14(20-12-4-2-1-3-5-12)11-8-6-10(7-9-11)13-15-17-18-16-13;2*1-2-3-4-9-19-13(18)11-7-5-10(6-8-11)12-14-16-17-15-12/h4-7H,1-3,8-11H2,(H,16,17,18,19);2-9H,1H3;2*6-9,12H,1-5H2,(H,15,16,17,18);5-8H,2,9H2,1H3,(H,14,15,16,17);1,5-8H,3-4,9H2,(H,14,15,16,17)/p+1. The number of esters is 6. The summed E-state index contributed by atoms with van der Waals surface area (Å²) in [6.45, 7) is 5.84. The van der Waals surface area contributed by atoms with Crippen molar-refractivity contribution in [3.05, 3.63) is 203 Å². The number of likely N-dealkylation sites (tertiary alicyclic amines) is 1. The van der Waals surface area contributed by atoms with Crippen molar-refractivity contribution in [1.82, 2.24) is 129 Å². The lowest BCUT2D eigenvalue weighted by molar-refractivity contribution is -0.671. The van der Waals surface area contributed by atoms with Crippen molar-refractivity contribution in [2.24, 2.45) is 7.05 Å². The van der Waals surface area contributed by atoms with Gasteiger partial charge in [-0.05, 0) is 188 Å². The molecular formula is C83H87N26O12+. The first kappa shape index (κ1) is 86.6. The molecule has 2 aliphatic carbocycles. The number of hydrogen-bond donors (Lipinski definition) is 6. The molecule has 2 saturated carbocycles. The highest BCUT2D eigenvalue weighted by atomic mass is 16.6. The number of aromatic amines is 6. The van der Waals surface area contributed by atoms with Crippen LogP contribution in [-0.2, 0) is 30.7 Å². The smallest absolute Gasteiger partial charge is 0.343 e. The Morgan fingerprint density at radius 1 is 0.388 bits per heavy atom. The molecular weight excluding hydrogens is 1550 g/mol. The van der Waals surface area contributed by atoms with Crippen molar-refractivity contribution in [2.45, 2.75) is 122 Å². The molecule has 16 rings (SSSR count). The molecule has 0 atom stereocenters. The number of ether oxygens (including phenoxy) is 6. The Morgan fingerprint density at radius 3 is 1.01 bits per heavy atom. The summed E-state index contributed by atoms with van der Waals surface area (Å²) in [6, 6.07) is 45.0. The van der Waals surface area contributed by atoms with Crippen molar-refractivity contribution in [3.63, 3.8) is 0 Å². The molecule has 0 spiro atoms. The predicted octanol–water partition coefficient (Wildman–Crippen LogP) is 10.0. The third-order valence-corrected chi connectivity index (χ3v) is 18.5. The van der Waals surface area contributed by atoms with Crippen LogP contribution < -0.4 is 9.30 Å². The number of carbonyl (C=O) groups excluding carboxylic acids is 6. The molecule has 6 N–H and O–H groups in total. The number of nitrogens with zero attached hydrogens (tertiary/aromatic N) is 20. The fourth-order valence-electron chi connectivity index (χ4n) is 12.1. The Labute approximate surface area is 693 Å². The van der Waals surface area contributed by atoms with Crippen LogP contribution >= 0.6 is 0 Å². The average Bonchev–Trinajstić information content (AvgIpc) is 1.80. The number of rotatable bonds is 22. The van der Waals surface area contributed by atoms with Gasteiger partial charge in [0.2, 0.25) is 34.9 Å².